The first kappa shape index (κ1) is 17.2. The zero-order chi connectivity index (χ0) is 18.1. The Labute approximate surface area is 154 Å². The van der Waals surface area contributed by atoms with Crippen molar-refractivity contribution in [1.29, 1.82) is 5.41 Å². The molecular formula is C20H27N5O. The summed E-state index contributed by atoms with van der Waals surface area (Å²) in [4.78, 5) is 9.74. The van der Waals surface area contributed by atoms with Crippen LogP contribution >= 0.6 is 0 Å². The quantitative estimate of drug-likeness (QED) is 0.576. The number of β-amino-alcohol motifs (C(OH)–C–C–N with tert-alkyl or cyclic N) is 1. The van der Waals surface area contributed by atoms with Crippen LogP contribution in [0.4, 0.5) is 11.5 Å². The van der Waals surface area contributed by atoms with Gasteiger partial charge in [-0.1, -0.05) is 0 Å². The van der Waals surface area contributed by atoms with Crippen LogP contribution < -0.4 is 10.6 Å². The van der Waals surface area contributed by atoms with E-state index in [2.05, 4.69) is 9.80 Å². The number of nitrogens with zero attached hydrogens (tertiary/aromatic N) is 3. The van der Waals surface area contributed by atoms with Gasteiger partial charge in [-0.2, -0.15) is 0 Å². The molecule has 0 amide bonds. The molecule has 0 atom stereocenters. The molecule has 1 aromatic carbocycles. The molecule has 0 spiro atoms. The highest BCUT2D eigenvalue weighted by atomic mass is 16.3. The normalized spacial score (nSPS) is 18.1. The molecule has 2 aromatic rings. The molecule has 26 heavy (non-hydrogen) atoms. The fraction of sp³-hybridized carbons (Fsp3) is 0.500. The number of aromatic nitrogens is 1. The van der Waals surface area contributed by atoms with E-state index in [0.717, 1.165) is 67.8 Å². The maximum absolute atomic E-state index is 9.15. The average molecular weight is 353 g/mol. The Morgan fingerprint density at radius 3 is 2.54 bits per heavy atom. The molecule has 1 aliphatic heterocycles. The number of aliphatic hydroxyl groups excluding tert-OH is 1. The highest BCUT2D eigenvalue weighted by Crippen LogP contribution is 2.37. The van der Waals surface area contributed by atoms with Gasteiger partial charge in [0, 0.05) is 55.6 Å². The Kier molecular flexibility index (Phi) is 4.78. The lowest BCUT2D eigenvalue weighted by Gasteiger charge is -2.37. The summed E-state index contributed by atoms with van der Waals surface area (Å²) in [5, 5.41) is 18.1. The van der Waals surface area contributed by atoms with Crippen molar-refractivity contribution in [3.63, 3.8) is 0 Å². The van der Waals surface area contributed by atoms with Crippen LogP contribution in [0.5, 0.6) is 0 Å². The molecule has 6 heteroatoms. The van der Waals surface area contributed by atoms with Gasteiger partial charge in [0.25, 0.3) is 0 Å². The molecule has 0 unspecified atom stereocenters. The van der Waals surface area contributed by atoms with Gasteiger partial charge >= 0.3 is 0 Å². The number of nitrogens with two attached hydrogens (primary N) is 1. The third-order valence-corrected chi connectivity index (χ3v) is 5.76. The summed E-state index contributed by atoms with van der Waals surface area (Å²) in [7, 11) is 0. The zero-order valence-electron chi connectivity index (χ0n) is 15.2. The van der Waals surface area contributed by atoms with Crippen molar-refractivity contribution in [1.82, 2.24) is 9.88 Å². The minimum Gasteiger partial charge on any atom is -0.398 e. The van der Waals surface area contributed by atoms with Crippen molar-refractivity contribution in [3.05, 3.63) is 28.8 Å². The van der Waals surface area contributed by atoms with E-state index >= 15 is 0 Å². The predicted octanol–water partition coefficient (Wildman–Crippen LogP) is 1.81. The summed E-state index contributed by atoms with van der Waals surface area (Å²) in [6.07, 6.45) is 5.84. The fourth-order valence-electron chi connectivity index (χ4n) is 4.39. The number of nitrogens with one attached hydrogen (secondary N) is 1. The molecule has 2 aliphatic rings. The number of aliphatic hydroxyl groups is 1. The van der Waals surface area contributed by atoms with Gasteiger partial charge in [-0.15, -0.1) is 0 Å². The summed E-state index contributed by atoms with van der Waals surface area (Å²) in [6, 6.07) is 3.87. The van der Waals surface area contributed by atoms with Crippen LogP contribution in [0.15, 0.2) is 12.1 Å². The number of nitrogen functional groups attached to an aromatic ring is 1. The summed E-state index contributed by atoms with van der Waals surface area (Å²) in [5.74, 6) is 1.12. The van der Waals surface area contributed by atoms with Gasteiger partial charge in [-0.25, -0.2) is 4.98 Å². The molecule has 1 aromatic heterocycles. The molecule has 0 saturated carbocycles. The van der Waals surface area contributed by atoms with Crippen LogP contribution in [-0.4, -0.2) is 60.5 Å². The molecule has 4 N–H and O–H groups in total. The van der Waals surface area contributed by atoms with Crippen LogP contribution in [0.3, 0.4) is 0 Å². The van der Waals surface area contributed by atoms with Gasteiger partial charge < -0.3 is 21.1 Å². The Hall–Kier alpha value is -2.18. The molecular weight excluding hydrogens is 326 g/mol. The highest BCUT2D eigenvalue weighted by molar-refractivity contribution is 6.05. The molecule has 138 valence electrons. The molecule has 2 heterocycles. The van der Waals surface area contributed by atoms with Crippen molar-refractivity contribution >= 4 is 28.6 Å². The second-order valence-electron chi connectivity index (χ2n) is 7.26. The summed E-state index contributed by atoms with van der Waals surface area (Å²) in [6.45, 7) is 4.77. The molecule has 1 aliphatic carbocycles. The summed E-state index contributed by atoms with van der Waals surface area (Å²) in [5.41, 5.74) is 11.3. The standard InChI is InChI=1S/C20H27N5O/c21-13-16-17(22)5-6-18-19(16)14-3-1-2-4-15(14)20(23-18)25-9-7-24(8-10-25)11-12-26/h5-6,13,21,26H,1-4,7-12,22H2. The van der Waals surface area contributed by atoms with E-state index in [9.17, 15) is 0 Å². The summed E-state index contributed by atoms with van der Waals surface area (Å²) >= 11 is 0. The van der Waals surface area contributed by atoms with E-state index in [4.69, 9.17) is 21.2 Å². The van der Waals surface area contributed by atoms with E-state index in [-0.39, 0.29) is 6.61 Å². The van der Waals surface area contributed by atoms with Gasteiger partial charge in [0.1, 0.15) is 5.82 Å². The van der Waals surface area contributed by atoms with E-state index in [0.29, 0.717) is 5.69 Å². The van der Waals surface area contributed by atoms with Crippen LogP contribution in [0.1, 0.15) is 29.5 Å². The third kappa shape index (κ3) is 2.93. The number of rotatable bonds is 4. The van der Waals surface area contributed by atoms with Gasteiger partial charge in [0.05, 0.1) is 12.1 Å². The Morgan fingerprint density at radius 1 is 1.12 bits per heavy atom. The molecule has 0 bridgehead atoms. The van der Waals surface area contributed by atoms with Crippen molar-refractivity contribution in [3.8, 4) is 0 Å². The minimum absolute atomic E-state index is 0.220. The Morgan fingerprint density at radius 2 is 1.85 bits per heavy atom. The molecule has 0 radical (unpaired) electrons. The second-order valence-corrected chi connectivity index (χ2v) is 7.26. The largest absolute Gasteiger partial charge is 0.398 e. The third-order valence-electron chi connectivity index (χ3n) is 5.76. The molecule has 1 fully saturated rings. The van der Waals surface area contributed by atoms with Crippen LogP contribution in [0.2, 0.25) is 0 Å². The van der Waals surface area contributed by atoms with Crippen molar-refractivity contribution in [2.75, 3.05) is 50.0 Å². The first-order valence-corrected chi connectivity index (χ1v) is 9.55. The number of fused-ring (bicyclic) bond motifs is 3. The molecule has 1 saturated heterocycles. The van der Waals surface area contributed by atoms with Gasteiger partial charge in [0.15, 0.2) is 0 Å². The van der Waals surface area contributed by atoms with Gasteiger partial charge in [0.2, 0.25) is 0 Å². The van der Waals surface area contributed by atoms with Crippen molar-refractivity contribution in [2.45, 2.75) is 25.7 Å². The number of aryl methyl sites for hydroxylation is 1. The lowest BCUT2D eigenvalue weighted by atomic mass is 9.87. The number of piperazine rings is 1. The number of anilines is 2. The van der Waals surface area contributed by atoms with E-state index in [1.54, 1.807) is 0 Å². The topological polar surface area (TPSA) is 89.5 Å². The van der Waals surface area contributed by atoms with Crippen molar-refractivity contribution < 1.29 is 5.11 Å². The number of hydrogen-bond acceptors (Lipinski definition) is 6. The second kappa shape index (κ2) is 7.21. The predicted molar refractivity (Wildman–Crippen MR) is 106 cm³/mol. The number of pyridine rings is 1. The van der Waals surface area contributed by atoms with Crippen LogP contribution in [-0.2, 0) is 12.8 Å². The Bertz CT molecular complexity index is 827. The maximum Gasteiger partial charge on any atom is 0.132 e. The molecule has 6 nitrogen and oxygen atoms in total. The van der Waals surface area contributed by atoms with E-state index < -0.39 is 0 Å². The Balaban J connectivity index is 1.79. The van der Waals surface area contributed by atoms with Crippen LogP contribution in [0, 0.1) is 5.41 Å². The first-order chi connectivity index (χ1) is 12.7. The number of hydrogen-bond donors (Lipinski definition) is 3. The van der Waals surface area contributed by atoms with Gasteiger partial charge in [-0.05, 0) is 48.9 Å². The zero-order valence-corrected chi connectivity index (χ0v) is 15.2. The smallest absolute Gasteiger partial charge is 0.132 e. The monoisotopic (exact) mass is 353 g/mol. The van der Waals surface area contributed by atoms with E-state index in [1.807, 2.05) is 12.1 Å². The molecule has 4 rings (SSSR count). The number of benzene rings is 1. The SMILES string of the molecule is N=Cc1c(N)ccc2nc(N3CCN(CCO)CC3)c3c(c12)CCCC3. The first-order valence-electron chi connectivity index (χ1n) is 9.55. The maximum atomic E-state index is 9.15. The minimum atomic E-state index is 0.220. The summed E-state index contributed by atoms with van der Waals surface area (Å²) < 4.78 is 0. The fourth-order valence-corrected chi connectivity index (χ4v) is 4.39. The lowest BCUT2D eigenvalue weighted by Crippen LogP contribution is -2.47. The van der Waals surface area contributed by atoms with Crippen LogP contribution in [0.25, 0.3) is 10.9 Å². The van der Waals surface area contributed by atoms with E-state index in [1.165, 1.54) is 30.2 Å². The van der Waals surface area contributed by atoms with Gasteiger partial charge in [-0.3, -0.25) is 4.90 Å². The average Bonchev–Trinajstić information content (AvgIpc) is 2.68. The lowest BCUT2D eigenvalue weighted by molar-refractivity contribution is 0.188. The van der Waals surface area contributed by atoms with Crippen molar-refractivity contribution in [2.24, 2.45) is 0 Å². The highest BCUT2D eigenvalue weighted by Gasteiger charge is 2.25.